The summed E-state index contributed by atoms with van der Waals surface area (Å²) in [5.41, 5.74) is -0.153. The summed E-state index contributed by atoms with van der Waals surface area (Å²) in [4.78, 5) is 38.1. The quantitative estimate of drug-likeness (QED) is 0.694. The Balaban J connectivity index is 3.20. The van der Waals surface area contributed by atoms with Crippen molar-refractivity contribution in [3.63, 3.8) is 0 Å². The Kier molecular flexibility index (Phi) is 4.77. The number of rotatable bonds is 5. The van der Waals surface area contributed by atoms with Crippen molar-refractivity contribution < 1.29 is 24.1 Å². The van der Waals surface area contributed by atoms with Crippen LogP contribution < -0.4 is 0 Å². The largest absolute Gasteiger partial charge is 0.500 e. The highest BCUT2D eigenvalue weighted by Crippen LogP contribution is 2.14. The van der Waals surface area contributed by atoms with Crippen LogP contribution in [-0.2, 0) is 9.59 Å². The topological polar surface area (TPSA) is 80.9 Å². The van der Waals surface area contributed by atoms with Gasteiger partial charge in [0, 0.05) is 6.54 Å². The van der Waals surface area contributed by atoms with Crippen LogP contribution in [0.15, 0.2) is 0 Å². The molecular weight excluding hydrogens is 250 g/mol. The van der Waals surface area contributed by atoms with Crippen molar-refractivity contribution in [2.45, 2.75) is 13.8 Å². The van der Waals surface area contributed by atoms with Crippen LogP contribution in [-0.4, -0.2) is 76.8 Å². The van der Waals surface area contributed by atoms with E-state index < -0.39 is 23.8 Å². The van der Waals surface area contributed by atoms with Gasteiger partial charge in [0.25, 0.3) is 0 Å². The number of hydrogen-bond acceptors (Lipinski definition) is 4. The number of urea groups is 1. The molecule has 0 fully saturated rings. The number of carboxylic acid groups (broad SMARTS) is 1. The number of carbonyl (C=O) groups is 3. The zero-order chi connectivity index (χ0) is 14.7. The smallest absolute Gasteiger partial charge is 0.475 e. The molecule has 106 valence electrons. The van der Waals surface area contributed by atoms with E-state index in [-0.39, 0.29) is 5.71 Å². The summed E-state index contributed by atoms with van der Waals surface area (Å²) in [6.07, 6.45) is 0. The molecule has 7 heteroatoms. The maximum atomic E-state index is 12.1. The Labute approximate surface area is 112 Å². The van der Waals surface area contributed by atoms with Gasteiger partial charge in [0.05, 0.1) is 14.1 Å². The Morgan fingerprint density at radius 1 is 1.37 bits per heavy atom. The molecule has 0 aromatic carbocycles. The molecular formula is C12H20N3O4+. The molecule has 1 N–H and O–H groups in total. The average molecular weight is 270 g/mol. The summed E-state index contributed by atoms with van der Waals surface area (Å²) < 4.78 is 1.04. The zero-order valence-electron chi connectivity index (χ0n) is 11.7. The first-order chi connectivity index (χ1) is 8.84. The molecule has 1 rings (SSSR count). The monoisotopic (exact) mass is 270 g/mol. The van der Waals surface area contributed by atoms with Crippen LogP contribution in [0.5, 0.6) is 0 Å². The summed E-state index contributed by atoms with van der Waals surface area (Å²) in [7, 11) is 2.75. The zero-order valence-corrected chi connectivity index (χ0v) is 11.7. The van der Waals surface area contributed by atoms with Crippen LogP contribution in [0.2, 0.25) is 0 Å². The predicted octanol–water partition coefficient (Wildman–Crippen LogP) is -0.296. The molecule has 0 radical (unpaired) electrons. The molecule has 0 saturated heterocycles. The summed E-state index contributed by atoms with van der Waals surface area (Å²) in [6.45, 7) is 5.62. The van der Waals surface area contributed by atoms with Gasteiger partial charge in [-0.1, -0.05) is 13.8 Å². The van der Waals surface area contributed by atoms with E-state index in [2.05, 4.69) is 0 Å². The lowest BCUT2D eigenvalue weighted by Gasteiger charge is -2.27. The fraction of sp³-hybridized carbons (Fsp3) is 0.667. The Bertz CT molecular complexity index is 440. The highest BCUT2D eigenvalue weighted by Gasteiger charge is 2.48. The number of amides is 3. The van der Waals surface area contributed by atoms with Crippen LogP contribution in [0.1, 0.15) is 13.8 Å². The molecule has 1 aliphatic rings. The van der Waals surface area contributed by atoms with E-state index in [9.17, 15) is 19.5 Å². The van der Waals surface area contributed by atoms with Gasteiger partial charge in [-0.25, -0.2) is 9.59 Å². The minimum Gasteiger partial charge on any atom is -0.475 e. The molecule has 0 saturated carbocycles. The second-order valence-corrected chi connectivity index (χ2v) is 4.47. The molecule has 0 spiro atoms. The van der Waals surface area contributed by atoms with Gasteiger partial charge in [-0.05, 0) is 13.1 Å². The predicted molar refractivity (Wildman–Crippen MR) is 68.3 cm³/mol. The number of nitrogens with zero attached hydrogens (tertiary/aromatic N) is 3. The number of hydrogen-bond donors (Lipinski definition) is 1. The van der Waals surface area contributed by atoms with Crippen LogP contribution in [0.4, 0.5) is 4.79 Å². The van der Waals surface area contributed by atoms with Crippen molar-refractivity contribution in [2.75, 3.05) is 33.7 Å². The highest BCUT2D eigenvalue weighted by molar-refractivity contribution is 6.40. The van der Waals surface area contributed by atoms with Gasteiger partial charge >= 0.3 is 17.9 Å². The number of imide groups is 1. The Hall–Kier alpha value is -1.76. The summed E-state index contributed by atoms with van der Waals surface area (Å²) in [6, 6.07) is -0.613. The third-order valence-electron chi connectivity index (χ3n) is 3.45. The summed E-state index contributed by atoms with van der Waals surface area (Å²) in [5.74, 6) is -2.51. The first kappa shape index (κ1) is 15.3. The molecule has 0 aliphatic carbocycles. The first-order valence-corrected chi connectivity index (χ1v) is 6.22. The van der Waals surface area contributed by atoms with Crippen LogP contribution in [0.25, 0.3) is 0 Å². The lowest BCUT2D eigenvalue weighted by molar-refractivity contribution is -0.406. The normalized spacial score (nSPS) is 20.5. The van der Waals surface area contributed by atoms with E-state index >= 15 is 0 Å². The van der Waals surface area contributed by atoms with Gasteiger partial charge in [0.15, 0.2) is 0 Å². The standard InChI is InChI=1S/C12H19N3O4/c1-5-15(6-2)7-8-9(11(17)18)13(3)12(19)14(4)10(8)16/h8H,5-7H2,1-4H3/p+1. The van der Waals surface area contributed by atoms with E-state index in [1.165, 1.54) is 14.1 Å². The molecule has 0 bridgehead atoms. The lowest BCUT2D eigenvalue weighted by atomic mass is 9.98. The van der Waals surface area contributed by atoms with Gasteiger partial charge in [-0.15, -0.1) is 0 Å². The van der Waals surface area contributed by atoms with Gasteiger partial charge in [0.2, 0.25) is 5.71 Å². The lowest BCUT2D eigenvalue weighted by Crippen LogP contribution is -2.57. The molecule has 19 heavy (non-hydrogen) atoms. The number of aliphatic carboxylic acids is 1. The molecule has 1 aliphatic heterocycles. The maximum Gasteiger partial charge on any atom is 0.500 e. The average Bonchev–Trinajstić information content (AvgIpc) is 2.38. The van der Waals surface area contributed by atoms with Crippen LogP contribution in [0.3, 0.4) is 0 Å². The van der Waals surface area contributed by atoms with E-state index in [4.69, 9.17) is 0 Å². The molecule has 3 amide bonds. The Morgan fingerprint density at radius 2 is 1.89 bits per heavy atom. The van der Waals surface area contributed by atoms with Crippen molar-refractivity contribution in [3.8, 4) is 0 Å². The van der Waals surface area contributed by atoms with Crippen molar-refractivity contribution >= 4 is 23.6 Å². The SMILES string of the molecule is CCN(CC)CC1C(=O)N(C)C(=O)[N+](C)=C1C(=O)O. The second-order valence-electron chi connectivity index (χ2n) is 4.47. The van der Waals surface area contributed by atoms with E-state index in [0.29, 0.717) is 19.6 Å². The van der Waals surface area contributed by atoms with E-state index in [0.717, 1.165) is 9.48 Å². The van der Waals surface area contributed by atoms with Crippen molar-refractivity contribution in [2.24, 2.45) is 5.92 Å². The fourth-order valence-electron chi connectivity index (χ4n) is 2.20. The van der Waals surface area contributed by atoms with E-state index in [1.54, 1.807) is 0 Å². The molecule has 0 aromatic heterocycles. The first-order valence-electron chi connectivity index (χ1n) is 6.22. The van der Waals surface area contributed by atoms with Gasteiger partial charge < -0.3 is 10.0 Å². The highest BCUT2D eigenvalue weighted by atomic mass is 16.4. The van der Waals surface area contributed by atoms with E-state index in [1.807, 2.05) is 18.7 Å². The number of carbonyl (C=O) groups excluding carboxylic acids is 2. The maximum absolute atomic E-state index is 12.1. The molecule has 0 aromatic rings. The van der Waals surface area contributed by atoms with Crippen LogP contribution in [0, 0.1) is 5.92 Å². The minimum atomic E-state index is -1.23. The molecule has 7 nitrogen and oxygen atoms in total. The second kappa shape index (κ2) is 5.92. The summed E-state index contributed by atoms with van der Waals surface area (Å²) >= 11 is 0. The molecule has 1 heterocycles. The molecule has 1 atom stereocenters. The van der Waals surface area contributed by atoms with Crippen molar-refractivity contribution in [1.29, 1.82) is 0 Å². The van der Waals surface area contributed by atoms with Crippen LogP contribution >= 0.6 is 0 Å². The fourth-order valence-corrected chi connectivity index (χ4v) is 2.20. The number of carboxylic acids is 1. The molecule has 1 unspecified atom stereocenters. The third-order valence-corrected chi connectivity index (χ3v) is 3.45. The third kappa shape index (κ3) is 2.81. The van der Waals surface area contributed by atoms with Gasteiger partial charge in [-0.2, -0.15) is 14.3 Å². The Morgan fingerprint density at radius 3 is 2.32 bits per heavy atom. The van der Waals surface area contributed by atoms with Crippen molar-refractivity contribution in [1.82, 2.24) is 9.80 Å². The minimum absolute atomic E-state index is 0.153. The summed E-state index contributed by atoms with van der Waals surface area (Å²) in [5, 5.41) is 9.24. The van der Waals surface area contributed by atoms with Gasteiger partial charge in [-0.3, -0.25) is 0 Å². The van der Waals surface area contributed by atoms with Crippen molar-refractivity contribution in [3.05, 3.63) is 0 Å². The van der Waals surface area contributed by atoms with Gasteiger partial charge in [0.1, 0.15) is 5.92 Å².